The van der Waals surface area contributed by atoms with Gasteiger partial charge in [-0.25, -0.2) is 0 Å². The predicted octanol–water partition coefficient (Wildman–Crippen LogP) is 13.0. The molecule has 0 bridgehead atoms. The Labute approximate surface area is 284 Å². The number of allylic oxidation sites excluding steroid dienone is 4. The number of hydrogen-bond acceptors (Lipinski definition) is 2. The molecule has 6 aromatic carbocycles. The maximum absolute atomic E-state index is 4.20. The predicted molar refractivity (Wildman–Crippen MR) is 208 cm³/mol. The lowest BCUT2D eigenvalue weighted by atomic mass is 9.97. The summed E-state index contributed by atoms with van der Waals surface area (Å²) in [5.74, 6) is 0. The van der Waals surface area contributed by atoms with Gasteiger partial charge < -0.3 is 9.47 Å². The fraction of sp³-hybridized carbons (Fsp3) is 0.0222. The molecule has 3 heterocycles. The Kier molecular flexibility index (Phi) is 6.74. The Morgan fingerprint density at radius 2 is 1.31 bits per heavy atom. The third kappa shape index (κ3) is 4.32. The third-order valence-electron chi connectivity index (χ3n) is 9.45. The molecule has 0 radical (unpaired) electrons. The maximum atomic E-state index is 4.20. The standard InChI is InChI=1S/C45H32N2S/c1-3-15-37-39(4-2)46(33-19-14-16-30(28-33)31-26-27-43-38(29-31)34-20-10-13-25-42(34)48-43)40-23-11-8-21-35(40)44-36-22-9-12-24-41(36)47(45(37)44)32-17-6-5-7-18-32/h3-29H,1H2,2H3/b37-15?,39-4+. The van der Waals surface area contributed by atoms with Crippen molar-refractivity contribution in [3.05, 3.63) is 182 Å². The Hall–Kier alpha value is -5.90. The molecule has 0 amide bonds. The summed E-state index contributed by atoms with van der Waals surface area (Å²) in [4.78, 5) is 2.43. The van der Waals surface area contributed by atoms with Crippen LogP contribution in [-0.2, 0) is 0 Å². The van der Waals surface area contributed by atoms with Gasteiger partial charge in [-0.3, -0.25) is 0 Å². The third-order valence-corrected chi connectivity index (χ3v) is 10.6. The summed E-state index contributed by atoms with van der Waals surface area (Å²) in [6, 6.07) is 52.9. The van der Waals surface area contributed by atoms with E-state index in [0.29, 0.717) is 0 Å². The largest absolute Gasteiger partial charge is 0.310 e. The molecule has 0 aliphatic carbocycles. The van der Waals surface area contributed by atoms with Crippen LogP contribution in [0, 0.1) is 0 Å². The molecular weight excluding hydrogens is 601 g/mol. The van der Waals surface area contributed by atoms with E-state index < -0.39 is 0 Å². The monoisotopic (exact) mass is 632 g/mol. The molecule has 3 heteroatoms. The van der Waals surface area contributed by atoms with Crippen LogP contribution in [0.15, 0.2) is 176 Å². The summed E-state index contributed by atoms with van der Waals surface area (Å²) in [7, 11) is 0. The molecule has 8 aromatic rings. The highest BCUT2D eigenvalue weighted by Crippen LogP contribution is 2.52. The highest BCUT2D eigenvalue weighted by atomic mass is 32.1. The highest BCUT2D eigenvalue weighted by Gasteiger charge is 2.32. The SMILES string of the molecule is C=CC=C1/C(=C\C)N(c2cccc(-c3ccc4sc5ccccc5c4c3)c2)c2ccccc2-c2c1n(-c1ccccc1)c1ccccc21. The van der Waals surface area contributed by atoms with E-state index in [1.54, 1.807) is 0 Å². The van der Waals surface area contributed by atoms with E-state index in [1.165, 1.54) is 53.3 Å². The van der Waals surface area contributed by atoms with Crippen molar-refractivity contribution in [2.75, 3.05) is 4.90 Å². The number of hydrogen-bond donors (Lipinski definition) is 0. The van der Waals surface area contributed by atoms with Crippen molar-refractivity contribution in [1.82, 2.24) is 4.57 Å². The van der Waals surface area contributed by atoms with E-state index in [0.717, 1.165) is 34.0 Å². The fourth-order valence-electron chi connectivity index (χ4n) is 7.44. The lowest BCUT2D eigenvalue weighted by molar-refractivity contribution is 1.09. The summed E-state index contributed by atoms with van der Waals surface area (Å²) in [5.41, 5.74) is 12.8. The van der Waals surface area contributed by atoms with Gasteiger partial charge in [0, 0.05) is 53.6 Å². The van der Waals surface area contributed by atoms with Crippen molar-refractivity contribution in [3.63, 3.8) is 0 Å². The smallest absolute Gasteiger partial charge is 0.0641 e. The van der Waals surface area contributed by atoms with Crippen molar-refractivity contribution in [1.29, 1.82) is 0 Å². The van der Waals surface area contributed by atoms with Gasteiger partial charge in [0.25, 0.3) is 0 Å². The van der Waals surface area contributed by atoms with Crippen molar-refractivity contribution < 1.29 is 0 Å². The zero-order valence-corrected chi connectivity index (χ0v) is 27.4. The van der Waals surface area contributed by atoms with Gasteiger partial charge in [0.05, 0.1) is 22.6 Å². The number of rotatable bonds is 4. The number of nitrogens with zero attached hydrogens (tertiary/aromatic N) is 2. The maximum Gasteiger partial charge on any atom is 0.0641 e. The first-order valence-corrected chi connectivity index (χ1v) is 17.2. The summed E-state index contributed by atoms with van der Waals surface area (Å²) >= 11 is 1.86. The first-order chi connectivity index (χ1) is 23.7. The first kappa shape index (κ1) is 28.3. The van der Waals surface area contributed by atoms with Gasteiger partial charge in [0.15, 0.2) is 0 Å². The van der Waals surface area contributed by atoms with Crippen molar-refractivity contribution in [2.24, 2.45) is 0 Å². The number of para-hydroxylation sites is 3. The summed E-state index contributed by atoms with van der Waals surface area (Å²) in [6.45, 7) is 6.34. The van der Waals surface area contributed by atoms with Crippen LogP contribution in [0.2, 0.25) is 0 Å². The molecular formula is C45H32N2S. The number of anilines is 2. The van der Waals surface area contributed by atoms with Gasteiger partial charge >= 0.3 is 0 Å². The van der Waals surface area contributed by atoms with E-state index in [1.807, 2.05) is 17.4 Å². The zero-order valence-electron chi connectivity index (χ0n) is 26.6. The Balaban J connectivity index is 1.30. The fourth-order valence-corrected chi connectivity index (χ4v) is 8.53. The molecule has 0 fully saturated rings. The highest BCUT2D eigenvalue weighted by molar-refractivity contribution is 7.25. The van der Waals surface area contributed by atoms with Gasteiger partial charge in [-0.15, -0.1) is 11.3 Å². The van der Waals surface area contributed by atoms with Crippen LogP contribution in [-0.4, -0.2) is 4.57 Å². The molecule has 2 nitrogen and oxygen atoms in total. The molecule has 9 rings (SSSR count). The topological polar surface area (TPSA) is 8.17 Å². The summed E-state index contributed by atoms with van der Waals surface area (Å²) in [5, 5.41) is 3.85. The second-order valence-corrected chi connectivity index (χ2v) is 13.2. The average molecular weight is 633 g/mol. The summed E-state index contributed by atoms with van der Waals surface area (Å²) in [6.07, 6.45) is 6.33. The minimum atomic E-state index is 1.11. The van der Waals surface area contributed by atoms with E-state index >= 15 is 0 Å². The van der Waals surface area contributed by atoms with Crippen molar-refractivity contribution >= 4 is 59.4 Å². The molecule has 1 aliphatic heterocycles. The molecule has 0 N–H and O–H groups in total. The number of benzene rings is 6. The number of thiophene rings is 1. The molecule has 0 unspecified atom stereocenters. The first-order valence-electron chi connectivity index (χ1n) is 16.3. The van der Waals surface area contributed by atoms with Crippen LogP contribution in [0.1, 0.15) is 12.6 Å². The molecule has 1 aliphatic rings. The molecule has 0 spiro atoms. The van der Waals surface area contributed by atoms with Crippen LogP contribution in [0.4, 0.5) is 11.4 Å². The lowest BCUT2D eigenvalue weighted by Gasteiger charge is -2.29. The van der Waals surface area contributed by atoms with Gasteiger partial charge in [0.1, 0.15) is 0 Å². The number of aromatic nitrogens is 1. The van der Waals surface area contributed by atoms with Gasteiger partial charge in [-0.1, -0.05) is 116 Å². The molecule has 48 heavy (non-hydrogen) atoms. The van der Waals surface area contributed by atoms with Crippen LogP contribution in [0.5, 0.6) is 0 Å². The molecule has 0 saturated heterocycles. The molecule has 228 valence electrons. The average Bonchev–Trinajstić information content (AvgIpc) is 3.65. The second kappa shape index (κ2) is 11.4. The van der Waals surface area contributed by atoms with Gasteiger partial charge in [-0.05, 0) is 72.6 Å². The van der Waals surface area contributed by atoms with Crippen molar-refractivity contribution in [3.8, 4) is 27.9 Å². The van der Waals surface area contributed by atoms with E-state index in [4.69, 9.17) is 0 Å². The quantitative estimate of drug-likeness (QED) is 0.187. The minimum Gasteiger partial charge on any atom is -0.310 e. The van der Waals surface area contributed by atoms with E-state index in [-0.39, 0.29) is 0 Å². The lowest BCUT2D eigenvalue weighted by Crippen LogP contribution is -2.17. The molecule has 2 aromatic heterocycles. The zero-order chi connectivity index (χ0) is 32.2. The van der Waals surface area contributed by atoms with Gasteiger partial charge in [0.2, 0.25) is 0 Å². The van der Waals surface area contributed by atoms with Crippen molar-refractivity contribution in [2.45, 2.75) is 6.92 Å². The Morgan fingerprint density at radius 1 is 0.604 bits per heavy atom. The summed E-state index contributed by atoms with van der Waals surface area (Å²) < 4.78 is 5.06. The van der Waals surface area contributed by atoms with Crippen LogP contribution in [0.3, 0.4) is 0 Å². The Morgan fingerprint density at radius 3 is 2.17 bits per heavy atom. The van der Waals surface area contributed by atoms with Crippen LogP contribution >= 0.6 is 11.3 Å². The normalized spacial score (nSPS) is 14.5. The molecule has 0 atom stereocenters. The van der Waals surface area contributed by atoms with Gasteiger partial charge in [-0.2, -0.15) is 0 Å². The minimum absolute atomic E-state index is 1.11. The van der Waals surface area contributed by atoms with E-state index in [9.17, 15) is 0 Å². The van der Waals surface area contributed by atoms with Crippen LogP contribution in [0.25, 0.3) is 64.6 Å². The van der Waals surface area contributed by atoms with Crippen LogP contribution < -0.4 is 4.90 Å². The molecule has 0 saturated carbocycles. The number of fused-ring (bicyclic) bond motifs is 8. The Bertz CT molecular complexity index is 2600. The van der Waals surface area contributed by atoms with E-state index in [2.05, 4.69) is 181 Å². The second-order valence-electron chi connectivity index (χ2n) is 12.1.